The van der Waals surface area contributed by atoms with Gasteiger partial charge >= 0.3 is 0 Å². The van der Waals surface area contributed by atoms with E-state index in [-0.39, 0.29) is 11.5 Å². The fourth-order valence-electron chi connectivity index (χ4n) is 1.49. The van der Waals surface area contributed by atoms with Crippen LogP contribution in [0.5, 0.6) is 0 Å². The summed E-state index contributed by atoms with van der Waals surface area (Å²) in [7, 11) is -2.96. The molecule has 2 nitrogen and oxygen atoms in total. The van der Waals surface area contributed by atoms with Crippen LogP contribution in [0.2, 0.25) is 0 Å². The second-order valence-electron chi connectivity index (χ2n) is 3.83. The summed E-state index contributed by atoms with van der Waals surface area (Å²) in [4.78, 5) is 0. The van der Waals surface area contributed by atoms with Gasteiger partial charge in [0.05, 0.1) is 11.5 Å². The molecule has 1 rings (SSSR count). The van der Waals surface area contributed by atoms with E-state index in [9.17, 15) is 8.42 Å². The monoisotopic (exact) mass is 260 g/mol. The van der Waals surface area contributed by atoms with Crippen LogP contribution in [-0.4, -0.2) is 20.1 Å². The van der Waals surface area contributed by atoms with E-state index in [4.69, 9.17) is 11.6 Å². The van der Waals surface area contributed by atoms with Crippen molar-refractivity contribution in [2.45, 2.75) is 25.0 Å². The highest BCUT2D eigenvalue weighted by atomic mass is 35.5. The van der Waals surface area contributed by atoms with Crippen molar-refractivity contribution < 1.29 is 8.42 Å². The highest BCUT2D eigenvalue weighted by Gasteiger charge is 2.10. The molecule has 16 heavy (non-hydrogen) atoms. The molecule has 4 heteroatoms. The van der Waals surface area contributed by atoms with Crippen molar-refractivity contribution in [3.63, 3.8) is 0 Å². The first kappa shape index (κ1) is 13.5. The normalized spacial score (nSPS) is 11.6. The molecule has 1 aromatic rings. The van der Waals surface area contributed by atoms with Gasteiger partial charge in [0.15, 0.2) is 9.84 Å². The molecule has 0 unspecified atom stereocenters. The smallest absolute Gasteiger partial charge is 0.154 e. The Balaban J connectivity index is 2.40. The molecule has 0 radical (unpaired) electrons. The molecule has 0 N–H and O–H groups in total. The van der Waals surface area contributed by atoms with Crippen LogP contribution in [0.4, 0.5) is 0 Å². The van der Waals surface area contributed by atoms with Crippen molar-refractivity contribution in [3.05, 3.63) is 35.9 Å². The fourth-order valence-corrected chi connectivity index (χ4v) is 3.17. The van der Waals surface area contributed by atoms with Crippen LogP contribution in [0.25, 0.3) is 0 Å². The first-order valence-corrected chi connectivity index (χ1v) is 7.80. The standard InChI is InChI=1S/C12H17ClO2S/c13-9-5-2-6-10-16(14,15)11-12-7-3-1-4-8-12/h1,3-4,7-8H,2,5-6,9-11H2. The maximum absolute atomic E-state index is 11.7. The highest BCUT2D eigenvalue weighted by Crippen LogP contribution is 2.09. The summed E-state index contributed by atoms with van der Waals surface area (Å²) in [6, 6.07) is 9.29. The van der Waals surface area contributed by atoms with Gasteiger partial charge in [-0.1, -0.05) is 36.8 Å². The van der Waals surface area contributed by atoms with Gasteiger partial charge in [0, 0.05) is 5.88 Å². The van der Waals surface area contributed by atoms with Gasteiger partial charge in [-0.3, -0.25) is 0 Å². The van der Waals surface area contributed by atoms with Crippen molar-refractivity contribution in [3.8, 4) is 0 Å². The van der Waals surface area contributed by atoms with E-state index in [2.05, 4.69) is 0 Å². The molecule has 0 aliphatic carbocycles. The molecule has 0 atom stereocenters. The minimum absolute atomic E-state index is 0.148. The second kappa shape index (κ2) is 6.92. The third kappa shape index (κ3) is 5.52. The quantitative estimate of drug-likeness (QED) is 0.558. The molecule has 0 spiro atoms. The molecular formula is C12H17ClO2S. The summed E-state index contributed by atoms with van der Waals surface area (Å²) in [6.45, 7) is 0. The number of sulfone groups is 1. The maximum Gasteiger partial charge on any atom is 0.154 e. The van der Waals surface area contributed by atoms with Crippen molar-refractivity contribution >= 4 is 21.4 Å². The van der Waals surface area contributed by atoms with Gasteiger partial charge in [0.25, 0.3) is 0 Å². The van der Waals surface area contributed by atoms with Gasteiger partial charge in [0.2, 0.25) is 0 Å². The van der Waals surface area contributed by atoms with Crippen LogP contribution >= 0.6 is 11.6 Å². The van der Waals surface area contributed by atoms with Gasteiger partial charge < -0.3 is 0 Å². The van der Waals surface area contributed by atoms with Crippen molar-refractivity contribution in [2.24, 2.45) is 0 Å². The Morgan fingerprint density at radius 3 is 2.31 bits per heavy atom. The lowest BCUT2D eigenvalue weighted by Crippen LogP contribution is -2.09. The molecule has 0 heterocycles. The van der Waals surface area contributed by atoms with Crippen LogP contribution in [-0.2, 0) is 15.6 Å². The number of halogens is 1. The van der Waals surface area contributed by atoms with E-state index in [0.29, 0.717) is 12.3 Å². The molecule has 0 saturated heterocycles. The number of alkyl halides is 1. The van der Waals surface area contributed by atoms with Gasteiger partial charge in [0.1, 0.15) is 0 Å². The summed E-state index contributed by atoms with van der Waals surface area (Å²) in [5.41, 5.74) is 0.861. The molecule has 0 aliphatic heterocycles. The minimum Gasteiger partial charge on any atom is -0.228 e. The molecule has 0 aliphatic rings. The fraction of sp³-hybridized carbons (Fsp3) is 0.500. The Bertz CT molecular complexity index is 387. The molecule has 0 saturated carbocycles. The number of hydrogen-bond acceptors (Lipinski definition) is 2. The maximum atomic E-state index is 11.7. The topological polar surface area (TPSA) is 34.1 Å². The largest absolute Gasteiger partial charge is 0.228 e. The Labute approximate surface area is 103 Å². The minimum atomic E-state index is -2.96. The highest BCUT2D eigenvalue weighted by molar-refractivity contribution is 7.90. The predicted molar refractivity (Wildman–Crippen MR) is 68.5 cm³/mol. The number of hydrogen-bond donors (Lipinski definition) is 0. The zero-order chi connectivity index (χ0) is 11.9. The Morgan fingerprint density at radius 1 is 1.00 bits per heavy atom. The number of rotatable bonds is 7. The average Bonchev–Trinajstić information content (AvgIpc) is 2.25. The zero-order valence-corrected chi connectivity index (χ0v) is 10.8. The molecule has 0 aromatic heterocycles. The predicted octanol–water partition coefficient (Wildman–Crippen LogP) is 3.01. The number of benzene rings is 1. The first-order valence-electron chi connectivity index (χ1n) is 5.44. The Morgan fingerprint density at radius 2 is 1.69 bits per heavy atom. The lowest BCUT2D eigenvalue weighted by Gasteiger charge is -2.03. The van der Waals surface area contributed by atoms with E-state index in [0.717, 1.165) is 18.4 Å². The van der Waals surface area contributed by atoms with E-state index < -0.39 is 9.84 Å². The Kier molecular flexibility index (Phi) is 5.85. The molecule has 0 amide bonds. The molecule has 0 bridgehead atoms. The van der Waals surface area contributed by atoms with Crippen LogP contribution in [0, 0.1) is 0 Å². The van der Waals surface area contributed by atoms with Gasteiger partial charge in [-0.05, 0) is 18.4 Å². The van der Waals surface area contributed by atoms with E-state index in [1.807, 2.05) is 30.3 Å². The van der Waals surface area contributed by atoms with Gasteiger partial charge in [-0.25, -0.2) is 8.42 Å². The van der Waals surface area contributed by atoms with Crippen LogP contribution < -0.4 is 0 Å². The van der Waals surface area contributed by atoms with Crippen LogP contribution in [0.1, 0.15) is 24.8 Å². The SMILES string of the molecule is O=S(=O)(CCCCCCl)Cc1ccccc1. The zero-order valence-electron chi connectivity index (χ0n) is 9.23. The summed E-state index contributed by atoms with van der Waals surface area (Å²) in [6.07, 6.45) is 2.49. The molecule has 0 fully saturated rings. The lowest BCUT2D eigenvalue weighted by molar-refractivity contribution is 0.590. The average molecular weight is 261 g/mol. The third-order valence-corrected chi connectivity index (χ3v) is 4.27. The summed E-state index contributed by atoms with van der Waals surface area (Å²) >= 11 is 5.53. The first-order chi connectivity index (χ1) is 7.64. The van der Waals surface area contributed by atoms with E-state index in [1.165, 1.54) is 0 Å². The third-order valence-electron chi connectivity index (χ3n) is 2.32. The molecule has 1 aromatic carbocycles. The molecular weight excluding hydrogens is 244 g/mol. The van der Waals surface area contributed by atoms with Gasteiger partial charge in [-0.2, -0.15) is 0 Å². The van der Waals surface area contributed by atoms with Crippen LogP contribution in [0.15, 0.2) is 30.3 Å². The van der Waals surface area contributed by atoms with Gasteiger partial charge in [-0.15, -0.1) is 11.6 Å². The summed E-state index contributed by atoms with van der Waals surface area (Å²) in [5, 5.41) is 0. The van der Waals surface area contributed by atoms with Crippen molar-refractivity contribution in [2.75, 3.05) is 11.6 Å². The lowest BCUT2D eigenvalue weighted by atomic mass is 10.2. The Hall–Kier alpha value is -0.540. The van der Waals surface area contributed by atoms with E-state index >= 15 is 0 Å². The summed E-state index contributed by atoms with van der Waals surface area (Å²) < 4.78 is 23.5. The van der Waals surface area contributed by atoms with Crippen molar-refractivity contribution in [1.82, 2.24) is 0 Å². The number of unbranched alkanes of at least 4 members (excludes halogenated alkanes) is 2. The van der Waals surface area contributed by atoms with Crippen LogP contribution in [0.3, 0.4) is 0 Å². The summed E-state index contributed by atoms with van der Waals surface area (Å²) in [5.74, 6) is 1.02. The second-order valence-corrected chi connectivity index (χ2v) is 6.39. The van der Waals surface area contributed by atoms with E-state index in [1.54, 1.807) is 0 Å². The van der Waals surface area contributed by atoms with Crippen molar-refractivity contribution in [1.29, 1.82) is 0 Å². The molecule has 90 valence electrons.